The molecule has 0 heterocycles. The van der Waals surface area contributed by atoms with Crippen molar-refractivity contribution in [3.63, 3.8) is 0 Å². The molecule has 0 aliphatic rings. The molecule has 0 aliphatic heterocycles. The number of rotatable bonds is 13. The van der Waals surface area contributed by atoms with Crippen LogP contribution in [0.3, 0.4) is 0 Å². The van der Waals surface area contributed by atoms with Crippen LogP contribution in [0.5, 0.6) is 0 Å². The second-order valence-electron chi connectivity index (χ2n) is 5.38. The average molecular weight is 292 g/mol. The Morgan fingerprint density at radius 3 is 2.00 bits per heavy atom. The number of aliphatic hydroxyl groups excluding tert-OH is 1. The van der Waals surface area contributed by atoms with Crippen LogP contribution >= 0.6 is 0 Å². The molecule has 1 atom stereocenters. The largest absolute Gasteiger partial charge is 0.396 e. The number of aliphatic hydroxyl groups is 1. The number of hydrogen-bond acceptors (Lipinski definition) is 3. The van der Waals surface area contributed by atoms with Crippen molar-refractivity contribution >= 4 is 9.84 Å². The third-order valence-electron chi connectivity index (χ3n) is 3.68. The van der Waals surface area contributed by atoms with Crippen LogP contribution in [0.4, 0.5) is 0 Å². The lowest BCUT2D eigenvalue weighted by atomic mass is 10.1. The first-order valence-corrected chi connectivity index (χ1v) is 9.62. The standard InChI is InChI=1S/C15H32O3S/c1-3-5-6-7-8-9-10-12-15(4-2)19(17,18)14-11-13-16/h15-16H,3-14H2,1-2H3. The van der Waals surface area contributed by atoms with E-state index in [1.165, 1.54) is 32.1 Å². The van der Waals surface area contributed by atoms with Crippen LogP contribution in [-0.2, 0) is 9.84 Å². The summed E-state index contributed by atoms with van der Waals surface area (Å²) in [5.41, 5.74) is 0. The van der Waals surface area contributed by atoms with E-state index < -0.39 is 9.84 Å². The smallest absolute Gasteiger partial charge is 0.153 e. The molecule has 116 valence electrons. The molecule has 4 heteroatoms. The fraction of sp³-hybridized carbons (Fsp3) is 1.00. The Bertz CT molecular complexity index is 286. The number of sulfone groups is 1. The van der Waals surface area contributed by atoms with Crippen molar-refractivity contribution in [2.75, 3.05) is 12.4 Å². The van der Waals surface area contributed by atoms with Crippen LogP contribution in [-0.4, -0.2) is 31.1 Å². The highest BCUT2D eigenvalue weighted by Crippen LogP contribution is 2.17. The first-order valence-electron chi connectivity index (χ1n) is 7.90. The molecule has 0 aromatic carbocycles. The lowest BCUT2D eigenvalue weighted by Gasteiger charge is -2.15. The van der Waals surface area contributed by atoms with Crippen LogP contribution in [0.25, 0.3) is 0 Å². The molecule has 0 aliphatic carbocycles. The highest BCUT2D eigenvalue weighted by atomic mass is 32.2. The summed E-state index contributed by atoms with van der Waals surface area (Å²) >= 11 is 0. The van der Waals surface area contributed by atoms with Gasteiger partial charge in [-0.05, 0) is 19.3 Å². The minimum Gasteiger partial charge on any atom is -0.396 e. The molecular formula is C15H32O3S. The Hall–Kier alpha value is -0.0900. The minimum absolute atomic E-state index is 0.0346. The lowest BCUT2D eigenvalue weighted by molar-refractivity contribution is 0.295. The van der Waals surface area contributed by atoms with Gasteiger partial charge in [0.15, 0.2) is 9.84 Å². The van der Waals surface area contributed by atoms with Crippen molar-refractivity contribution in [1.29, 1.82) is 0 Å². The quantitative estimate of drug-likeness (QED) is 0.527. The molecule has 0 amide bonds. The van der Waals surface area contributed by atoms with Gasteiger partial charge in [0, 0.05) is 6.61 Å². The third-order valence-corrected chi connectivity index (χ3v) is 6.12. The highest BCUT2D eigenvalue weighted by Gasteiger charge is 2.22. The Morgan fingerprint density at radius 1 is 0.895 bits per heavy atom. The second kappa shape index (κ2) is 11.7. The predicted octanol–water partition coefficient (Wildman–Crippen LogP) is 3.70. The first kappa shape index (κ1) is 18.9. The fourth-order valence-corrected chi connectivity index (χ4v) is 4.30. The van der Waals surface area contributed by atoms with E-state index >= 15 is 0 Å². The topological polar surface area (TPSA) is 54.4 Å². The molecule has 0 aromatic heterocycles. The first-order chi connectivity index (χ1) is 9.08. The van der Waals surface area contributed by atoms with Crippen molar-refractivity contribution in [2.45, 2.75) is 83.3 Å². The highest BCUT2D eigenvalue weighted by molar-refractivity contribution is 7.92. The summed E-state index contributed by atoms with van der Waals surface area (Å²) in [6.45, 7) is 4.12. The summed E-state index contributed by atoms with van der Waals surface area (Å²) in [4.78, 5) is 0. The van der Waals surface area contributed by atoms with Gasteiger partial charge in [-0.15, -0.1) is 0 Å². The van der Waals surface area contributed by atoms with Crippen LogP contribution in [0, 0.1) is 0 Å². The van der Waals surface area contributed by atoms with E-state index in [-0.39, 0.29) is 17.6 Å². The van der Waals surface area contributed by atoms with Gasteiger partial charge in [-0.3, -0.25) is 0 Å². The van der Waals surface area contributed by atoms with Crippen molar-refractivity contribution in [3.05, 3.63) is 0 Å². The van der Waals surface area contributed by atoms with E-state index in [1.807, 2.05) is 6.92 Å². The zero-order valence-electron chi connectivity index (χ0n) is 12.7. The average Bonchev–Trinajstić information content (AvgIpc) is 2.39. The maximum absolute atomic E-state index is 12.0. The molecular weight excluding hydrogens is 260 g/mol. The van der Waals surface area contributed by atoms with Gasteiger partial charge in [-0.2, -0.15) is 0 Å². The van der Waals surface area contributed by atoms with Gasteiger partial charge in [0.2, 0.25) is 0 Å². The van der Waals surface area contributed by atoms with Crippen LogP contribution in [0.2, 0.25) is 0 Å². The summed E-state index contributed by atoms with van der Waals surface area (Å²) in [7, 11) is -3.00. The van der Waals surface area contributed by atoms with Crippen LogP contribution < -0.4 is 0 Å². The van der Waals surface area contributed by atoms with Gasteiger partial charge in [-0.1, -0.05) is 58.8 Å². The fourth-order valence-electron chi connectivity index (χ4n) is 2.40. The normalized spacial score (nSPS) is 13.6. The summed E-state index contributed by atoms with van der Waals surface area (Å²) < 4.78 is 24.0. The maximum atomic E-state index is 12.0. The molecule has 0 saturated carbocycles. The van der Waals surface area contributed by atoms with Crippen LogP contribution in [0.1, 0.15) is 78.1 Å². The molecule has 3 nitrogen and oxygen atoms in total. The van der Waals surface area contributed by atoms with Crippen LogP contribution in [0.15, 0.2) is 0 Å². The van der Waals surface area contributed by atoms with E-state index in [0.717, 1.165) is 19.3 Å². The Morgan fingerprint density at radius 2 is 1.47 bits per heavy atom. The molecule has 0 aromatic rings. The van der Waals surface area contributed by atoms with Gasteiger partial charge in [0.1, 0.15) is 0 Å². The van der Waals surface area contributed by atoms with Gasteiger partial charge in [0.25, 0.3) is 0 Å². The molecule has 0 fully saturated rings. The van der Waals surface area contributed by atoms with E-state index in [0.29, 0.717) is 12.8 Å². The van der Waals surface area contributed by atoms with Gasteiger partial charge in [0.05, 0.1) is 11.0 Å². The van der Waals surface area contributed by atoms with E-state index in [4.69, 9.17) is 5.11 Å². The summed E-state index contributed by atoms with van der Waals surface area (Å²) in [5, 5.41) is 8.54. The molecule has 1 N–H and O–H groups in total. The second-order valence-corrected chi connectivity index (χ2v) is 7.79. The van der Waals surface area contributed by atoms with E-state index in [1.54, 1.807) is 0 Å². The van der Waals surface area contributed by atoms with Crippen molar-refractivity contribution in [3.8, 4) is 0 Å². The number of hydrogen-bond donors (Lipinski definition) is 1. The monoisotopic (exact) mass is 292 g/mol. The zero-order chi connectivity index (χ0) is 14.6. The summed E-state index contributed by atoms with van der Waals surface area (Å²) in [6.07, 6.45) is 10.4. The zero-order valence-corrected chi connectivity index (χ0v) is 13.6. The molecule has 1 unspecified atom stereocenters. The third kappa shape index (κ3) is 9.44. The number of unbranched alkanes of at least 4 members (excludes halogenated alkanes) is 6. The van der Waals surface area contributed by atoms with Gasteiger partial charge < -0.3 is 5.11 Å². The van der Waals surface area contributed by atoms with Gasteiger partial charge in [-0.25, -0.2) is 8.42 Å². The maximum Gasteiger partial charge on any atom is 0.153 e. The van der Waals surface area contributed by atoms with Crippen molar-refractivity contribution in [1.82, 2.24) is 0 Å². The molecule has 0 rings (SSSR count). The summed E-state index contributed by atoms with van der Waals surface area (Å²) in [6, 6.07) is 0. The Labute approximate surface area is 119 Å². The summed E-state index contributed by atoms with van der Waals surface area (Å²) in [5.74, 6) is 0.137. The van der Waals surface area contributed by atoms with E-state index in [9.17, 15) is 8.42 Å². The molecule has 0 spiro atoms. The molecule has 0 radical (unpaired) electrons. The SMILES string of the molecule is CCCCCCCCCC(CC)S(=O)(=O)CCCO. The van der Waals surface area contributed by atoms with Gasteiger partial charge >= 0.3 is 0 Å². The molecule has 19 heavy (non-hydrogen) atoms. The van der Waals surface area contributed by atoms with Crippen molar-refractivity contribution in [2.24, 2.45) is 0 Å². The van der Waals surface area contributed by atoms with Crippen molar-refractivity contribution < 1.29 is 13.5 Å². The Kier molecular flexibility index (Phi) is 11.7. The molecule has 0 saturated heterocycles. The minimum atomic E-state index is -3.00. The Balaban J connectivity index is 3.81. The predicted molar refractivity (Wildman–Crippen MR) is 82.2 cm³/mol. The van der Waals surface area contributed by atoms with E-state index in [2.05, 4.69) is 6.92 Å². The molecule has 0 bridgehead atoms. The lowest BCUT2D eigenvalue weighted by Crippen LogP contribution is -2.24.